The minimum absolute atomic E-state index is 0.224. The van der Waals surface area contributed by atoms with E-state index in [0.717, 1.165) is 18.5 Å². The molecule has 0 saturated heterocycles. The molecule has 1 aliphatic carbocycles. The summed E-state index contributed by atoms with van der Waals surface area (Å²) in [6, 6.07) is 0. The van der Waals surface area contributed by atoms with Crippen molar-refractivity contribution >= 4 is 11.6 Å². The highest BCUT2D eigenvalue weighted by atomic mass is 35.5. The fourth-order valence-corrected chi connectivity index (χ4v) is 1.50. The predicted octanol–water partition coefficient (Wildman–Crippen LogP) is 2.04. The average molecular weight is 172 g/mol. The Hall–Kier alpha value is -0.270. The molecule has 0 aliphatic heterocycles. The Kier molecular flexibility index (Phi) is 2.74. The largest absolute Gasteiger partial charge is 0.305 e. The van der Waals surface area contributed by atoms with Crippen LogP contribution in [0, 0.1) is 0 Å². The van der Waals surface area contributed by atoms with Crippen LogP contribution in [0.3, 0.4) is 0 Å². The molecule has 1 rings (SSSR count). The van der Waals surface area contributed by atoms with Crippen LogP contribution < -0.4 is 0 Å². The number of hydrogen-bond acceptors (Lipinski definition) is 1. The maximum Gasteiger partial charge on any atom is 0.0619 e. The molecule has 0 radical (unpaired) electrons. The van der Waals surface area contributed by atoms with Crippen LogP contribution in [0.1, 0.15) is 6.42 Å². The summed E-state index contributed by atoms with van der Waals surface area (Å²) >= 11 is 5.95. The maximum atomic E-state index is 5.95. The minimum atomic E-state index is 0.224. The zero-order valence-electron chi connectivity index (χ0n) is 7.10. The second-order valence-electron chi connectivity index (χ2n) is 3.20. The van der Waals surface area contributed by atoms with Gasteiger partial charge in [0.2, 0.25) is 0 Å². The fraction of sp³-hybridized carbons (Fsp3) is 0.556. The first-order valence-electron chi connectivity index (χ1n) is 3.78. The summed E-state index contributed by atoms with van der Waals surface area (Å²) in [5.74, 6) is 0. The summed E-state index contributed by atoms with van der Waals surface area (Å²) in [6.45, 7) is 4.88. The van der Waals surface area contributed by atoms with E-state index >= 15 is 0 Å². The van der Waals surface area contributed by atoms with Gasteiger partial charge in [0.15, 0.2) is 0 Å². The van der Waals surface area contributed by atoms with Gasteiger partial charge in [-0.3, -0.25) is 0 Å². The van der Waals surface area contributed by atoms with E-state index in [1.807, 2.05) is 14.1 Å². The van der Waals surface area contributed by atoms with Crippen LogP contribution in [0.2, 0.25) is 0 Å². The van der Waals surface area contributed by atoms with Crippen LogP contribution in [0.25, 0.3) is 0 Å². The van der Waals surface area contributed by atoms with Crippen molar-refractivity contribution in [1.82, 2.24) is 4.90 Å². The van der Waals surface area contributed by atoms with Crippen LogP contribution in [-0.4, -0.2) is 30.9 Å². The standard InChI is InChI=1S/C9H14ClN/c1-7(6-11(2)3)8-4-5-9(8)10/h4,9H,1,5-6H2,2-3H3. The third kappa shape index (κ3) is 2.08. The summed E-state index contributed by atoms with van der Waals surface area (Å²) in [7, 11) is 4.07. The summed E-state index contributed by atoms with van der Waals surface area (Å²) < 4.78 is 0. The van der Waals surface area contributed by atoms with Crippen LogP contribution >= 0.6 is 11.6 Å². The maximum absolute atomic E-state index is 5.95. The normalized spacial score (nSPS) is 22.9. The molecule has 0 aromatic rings. The van der Waals surface area contributed by atoms with Crippen molar-refractivity contribution in [3.63, 3.8) is 0 Å². The van der Waals surface area contributed by atoms with Crippen molar-refractivity contribution in [1.29, 1.82) is 0 Å². The number of alkyl halides is 1. The second-order valence-corrected chi connectivity index (χ2v) is 3.73. The van der Waals surface area contributed by atoms with Gasteiger partial charge in [-0.25, -0.2) is 0 Å². The SMILES string of the molecule is C=C(CN(C)C)C1=CCC1Cl. The van der Waals surface area contributed by atoms with Gasteiger partial charge in [0.1, 0.15) is 0 Å². The van der Waals surface area contributed by atoms with E-state index in [0.29, 0.717) is 0 Å². The van der Waals surface area contributed by atoms with E-state index in [-0.39, 0.29) is 5.38 Å². The number of hydrogen-bond donors (Lipinski definition) is 0. The van der Waals surface area contributed by atoms with Gasteiger partial charge in [-0.05, 0) is 31.7 Å². The monoisotopic (exact) mass is 171 g/mol. The molecule has 0 spiro atoms. The Morgan fingerprint density at radius 3 is 2.73 bits per heavy atom. The molecule has 11 heavy (non-hydrogen) atoms. The second kappa shape index (κ2) is 3.42. The molecule has 0 amide bonds. The van der Waals surface area contributed by atoms with Crippen molar-refractivity contribution in [3.8, 4) is 0 Å². The van der Waals surface area contributed by atoms with E-state index in [2.05, 4.69) is 17.6 Å². The van der Waals surface area contributed by atoms with Crippen LogP contribution in [-0.2, 0) is 0 Å². The summed E-state index contributed by atoms with van der Waals surface area (Å²) in [6.07, 6.45) is 3.16. The Balaban J connectivity index is 2.43. The van der Waals surface area contributed by atoms with Crippen molar-refractivity contribution in [2.75, 3.05) is 20.6 Å². The quantitative estimate of drug-likeness (QED) is 0.588. The van der Waals surface area contributed by atoms with Gasteiger partial charge in [0, 0.05) is 6.54 Å². The van der Waals surface area contributed by atoms with Crippen molar-refractivity contribution in [2.45, 2.75) is 11.8 Å². The van der Waals surface area contributed by atoms with Gasteiger partial charge in [-0.2, -0.15) is 0 Å². The average Bonchev–Trinajstić information content (AvgIpc) is 1.82. The smallest absolute Gasteiger partial charge is 0.0619 e. The molecule has 1 nitrogen and oxygen atoms in total. The molecule has 0 bridgehead atoms. The van der Waals surface area contributed by atoms with E-state index in [9.17, 15) is 0 Å². The lowest BCUT2D eigenvalue weighted by molar-refractivity contribution is 0.445. The van der Waals surface area contributed by atoms with Gasteiger partial charge in [-0.1, -0.05) is 12.7 Å². The third-order valence-corrected chi connectivity index (χ3v) is 2.21. The van der Waals surface area contributed by atoms with E-state index in [4.69, 9.17) is 11.6 Å². The molecule has 0 saturated carbocycles. The molecule has 0 aromatic carbocycles. The molecule has 0 aromatic heterocycles. The first-order chi connectivity index (χ1) is 5.11. The molecule has 0 N–H and O–H groups in total. The molecule has 62 valence electrons. The Bertz CT molecular complexity index is 194. The molecule has 1 atom stereocenters. The van der Waals surface area contributed by atoms with Gasteiger partial charge >= 0.3 is 0 Å². The van der Waals surface area contributed by atoms with E-state index < -0.39 is 0 Å². The topological polar surface area (TPSA) is 3.24 Å². The Morgan fingerprint density at radius 1 is 1.82 bits per heavy atom. The number of rotatable bonds is 3. The van der Waals surface area contributed by atoms with Crippen molar-refractivity contribution in [3.05, 3.63) is 23.8 Å². The zero-order valence-corrected chi connectivity index (χ0v) is 7.86. The lowest BCUT2D eigenvalue weighted by atomic mass is 9.92. The van der Waals surface area contributed by atoms with Crippen LogP contribution in [0.5, 0.6) is 0 Å². The molecule has 1 unspecified atom stereocenters. The number of allylic oxidation sites excluding steroid dienone is 1. The first-order valence-corrected chi connectivity index (χ1v) is 4.22. The van der Waals surface area contributed by atoms with Gasteiger partial charge < -0.3 is 4.90 Å². The highest BCUT2D eigenvalue weighted by Gasteiger charge is 2.20. The molecule has 2 heteroatoms. The van der Waals surface area contributed by atoms with Gasteiger partial charge in [0.05, 0.1) is 5.38 Å². The number of likely N-dealkylation sites (N-methyl/N-ethyl adjacent to an activating group) is 1. The molecule has 0 fully saturated rings. The highest BCUT2D eigenvalue weighted by Crippen LogP contribution is 2.30. The van der Waals surface area contributed by atoms with Crippen molar-refractivity contribution in [2.24, 2.45) is 0 Å². The number of halogens is 1. The predicted molar refractivity (Wildman–Crippen MR) is 50.0 cm³/mol. The zero-order chi connectivity index (χ0) is 8.43. The fourth-order valence-electron chi connectivity index (χ4n) is 1.16. The lowest BCUT2D eigenvalue weighted by Crippen LogP contribution is -2.21. The Labute approximate surface area is 73.3 Å². The summed E-state index contributed by atoms with van der Waals surface area (Å²) in [4.78, 5) is 2.10. The first kappa shape index (κ1) is 8.82. The Morgan fingerprint density at radius 2 is 2.45 bits per heavy atom. The summed E-state index contributed by atoms with van der Waals surface area (Å²) in [5, 5.41) is 0.224. The molecule has 0 heterocycles. The third-order valence-electron chi connectivity index (χ3n) is 1.80. The van der Waals surface area contributed by atoms with Gasteiger partial charge in [-0.15, -0.1) is 11.6 Å². The minimum Gasteiger partial charge on any atom is -0.305 e. The lowest BCUT2D eigenvalue weighted by Gasteiger charge is -2.24. The van der Waals surface area contributed by atoms with E-state index in [1.54, 1.807) is 0 Å². The molecular weight excluding hydrogens is 158 g/mol. The highest BCUT2D eigenvalue weighted by molar-refractivity contribution is 6.23. The molecular formula is C9H14ClN. The van der Waals surface area contributed by atoms with Crippen LogP contribution in [0.15, 0.2) is 23.8 Å². The van der Waals surface area contributed by atoms with Gasteiger partial charge in [0.25, 0.3) is 0 Å². The van der Waals surface area contributed by atoms with E-state index in [1.165, 1.54) is 5.57 Å². The number of nitrogens with zero attached hydrogens (tertiary/aromatic N) is 1. The summed E-state index contributed by atoms with van der Waals surface area (Å²) in [5.41, 5.74) is 2.39. The van der Waals surface area contributed by atoms with Crippen molar-refractivity contribution < 1.29 is 0 Å². The van der Waals surface area contributed by atoms with Crippen LogP contribution in [0.4, 0.5) is 0 Å². The molecule has 1 aliphatic rings.